The first-order valence-corrected chi connectivity index (χ1v) is 11.6. The Bertz CT molecular complexity index is 1180. The van der Waals surface area contributed by atoms with Gasteiger partial charge in [-0.05, 0) is 36.3 Å². The lowest BCUT2D eigenvalue weighted by molar-refractivity contribution is -0.129. The molecule has 168 valence electrons. The molecule has 1 N–H and O–H groups in total. The van der Waals surface area contributed by atoms with Gasteiger partial charge in [-0.2, -0.15) is 10.2 Å². The van der Waals surface area contributed by atoms with Crippen LogP contribution in [-0.4, -0.2) is 50.1 Å². The predicted molar refractivity (Wildman–Crippen MR) is 128 cm³/mol. The molecule has 1 amide bonds. The quantitative estimate of drug-likeness (QED) is 0.616. The molecule has 0 aliphatic carbocycles. The van der Waals surface area contributed by atoms with Crippen molar-refractivity contribution in [3.8, 4) is 11.1 Å². The van der Waals surface area contributed by atoms with Gasteiger partial charge in [0.15, 0.2) is 5.82 Å². The SMILES string of the molecule is CC(=O)N1CCc2c(c(Nc3ccc(-c4cnn(C)c4C)cc3P)nn2C2CCOC2)C1. The first kappa shape index (κ1) is 21.2. The van der Waals surface area contributed by atoms with E-state index in [0.29, 0.717) is 13.2 Å². The maximum absolute atomic E-state index is 12.0. The molecule has 0 spiro atoms. The van der Waals surface area contributed by atoms with Crippen LogP contribution in [0.2, 0.25) is 0 Å². The Labute approximate surface area is 190 Å². The van der Waals surface area contributed by atoms with E-state index >= 15 is 0 Å². The van der Waals surface area contributed by atoms with Crippen LogP contribution in [0.4, 0.5) is 11.5 Å². The Morgan fingerprint density at radius 1 is 1.34 bits per heavy atom. The molecule has 9 heteroatoms. The molecule has 3 aromatic rings. The van der Waals surface area contributed by atoms with Crippen molar-refractivity contribution >= 4 is 32.0 Å². The molecule has 4 heterocycles. The van der Waals surface area contributed by atoms with Gasteiger partial charge in [-0.25, -0.2) is 0 Å². The second-order valence-electron chi connectivity index (χ2n) is 8.62. The number of aromatic nitrogens is 4. The fourth-order valence-corrected chi connectivity index (χ4v) is 4.93. The van der Waals surface area contributed by atoms with E-state index in [1.165, 1.54) is 5.69 Å². The number of aryl methyl sites for hydroxylation is 1. The third-order valence-corrected chi connectivity index (χ3v) is 7.11. The standard InChI is InChI=1S/C23H29N6O2P/c1-14-18(11-24-27(14)3)16-4-5-20(22(32)10-16)25-23-19-12-28(15(2)30)8-6-21(19)29(26-23)17-7-9-31-13-17/h4-5,10-11,17H,6-9,12-13,32H2,1-3H3,(H,25,26). The summed E-state index contributed by atoms with van der Waals surface area (Å²) in [4.78, 5) is 13.9. The van der Waals surface area contributed by atoms with Crippen molar-refractivity contribution in [2.75, 3.05) is 25.1 Å². The normalized spacial score (nSPS) is 18.1. The molecule has 2 unspecified atom stereocenters. The fraction of sp³-hybridized carbons (Fsp3) is 0.435. The lowest BCUT2D eigenvalue weighted by Gasteiger charge is -2.27. The summed E-state index contributed by atoms with van der Waals surface area (Å²) in [5, 5.41) is 13.9. The maximum atomic E-state index is 12.0. The number of rotatable bonds is 4. The minimum absolute atomic E-state index is 0.0986. The predicted octanol–water partition coefficient (Wildman–Crippen LogP) is 2.70. The zero-order valence-electron chi connectivity index (χ0n) is 18.8. The van der Waals surface area contributed by atoms with Crippen LogP contribution < -0.4 is 10.6 Å². The minimum atomic E-state index is 0.0986. The molecule has 1 saturated heterocycles. The Balaban J connectivity index is 1.48. The van der Waals surface area contributed by atoms with Gasteiger partial charge in [0.05, 0.1) is 25.4 Å². The van der Waals surface area contributed by atoms with Crippen LogP contribution in [0.5, 0.6) is 0 Å². The summed E-state index contributed by atoms with van der Waals surface area (Å²) in [7, 11) is 4.78. The molecule has 2 aliphatic rings. The van der Waals surface area contributed by atoms with Gasteiger partial charge in [-0.3, -0.25) is 14.2 Å². The molecule has 2 aliphatic heterocycles. The summed E-state index contributed by atoms with van der Waals surface area (Å²) in [5.74, 6) is 0.924. The van der Waals surface area contributed by atoms with E-state index in [4.69, 9.17) is 9.84 Å². The topological polar surface area (TPSA) is 77.2 Å². The van der Waals surface area contributed by atoms with Crippen LogP contribution in [0.1, 0.15) is 36.3 Å². The number of anilines is 2. The van der Waals surface area contributed by atoms with Gasteiger partial charge in [-0.15, -0.1) is 9.24 Å². The minimum Gasteiger partial charge on any atom is -0.379 e. The number of hydrogen-bond donors (Lipinski definition) is 1. The van der Waals surface area contributed by atoms with Gasteiger partial charge in [0.1, 0.15) is 0 Å². The lowest BCUT2D eigenvalue weighted by Crippen LogP contribution is -2.35. The molecule has 8 nitrogen and oxygen atoms in total. The summed E-state index contributed by atoms with van der Waals surface area (Å²) >= 11 is 0. The number of ether oxygens (including phenoxy) is 1. The van der Waals surface area contributed by atoms with Gasteiger partial charge in [0.25, 0.3) is 0 Å². The summed E-state index contributed by atoms with van der Waals surface area (Å²) in [6.45, 7) is 6.48. The van der Waals surface area contributed by atoms with Crippen LogP contribution in [0.3, 0.4) is 0 Å². The lowest BCUT2D eigenvalue weighted by atomic mass is 10.1. The van der Waals surface area contributed by atoms with Crippen molar-refractivity contribution in [3.05, 3.63) is 41.3 Å². The van der Waals surface area contributed by atoms with Gasteiger partial charge in [-0.1, -0.05) is 6.07 Å². The number of hydrogen-bond acceptors (Lipinski definition) is 5. The van der Waals surface area contributed by atoms with Crippen LogP contribution in [0.15, 0.2) is 24.4 Å². The first-order valence-electron chi connectivity index (χ1n) is 11.0. The molecule has 5 rings (SSSR count). The second kappa shape index (κ2) is 8.34. The zero-order chi connectivity index (χ0) is 22.4. The molecule has 1 fully saturated rings. The maximum Gasteiger partial charge on any atom is 0.219 e. The fourth-order valence-electron chi connectivity index (χ4n) is 4.59. The van der Waals surface area contributed by atoms with Crippen molar-refractivity contribution in [2.24, 2.45) is 7.05 Å². The number of benzene rings is 1. The molecular weight excluding hydrogens is 423 g/mol. The average molecular weight is 452 g/mol. The zero-order valence-corrected chi connectivity index (χ0v) is 19.9. The first-order chi connectivity index (χ1) is 15.4. The van der Waals surface area contributed by atoms with Crippen molar-refractivity contribution < 1.29 is 9.53 Å². The third-order valence-electron chi connectivity index (χ3n) is 6.63. The van der Waals surface area contributed by atoms with Gasteiger partial charge in [0, 0.05) is 61.7 Å². The molecule has 32 heavy (non-hydrogen) atoms. The van der Waals surface area contributed by atoms with Gasteiger partial charge < -0.3 is 15.0 Å². The molecule has 2 atom stereocenters. The number of nitrogens with one attached hydrogen (secondary N) is 1. The average Bonchev–Trinajstić information content (AvgIpc) is 3.50. The van der Waals surface area contributed by atoms with Gasteiger partial charge in [0.2, 0.25) is 5.91 Å². The van der Waals surface area contributed by atoms with E-state index in [9.17, 15) is 4.79 Å². The Morgan fingerprint density at radius 2 is 2.19 bits per heavy atom. The van der Waals surface area contributed by atoms with Gasteiger partial charge >= 0.3 is 0 Å². The summed E-state index contributed by atoms with van der Waals surface area (Å²) in [5.41, 5.74) is 6.69. The van der Waals surface area contributed by atoms with Crippen molar-refractivity contribution in [1.29, 1.82) is 0 Å². The Morgan fingerprint density at radius 3 is 2.84 bits per heavy atom. The van der Waals surface area contributed by atoms with Crippen LogP contribution in [0.25, 0.3) is 11.1 Å². The van der Waals surface area contributed by atoms with Crippen LogP contribution >= 0.6 is 9.24 Å². The van der Waals surface area contributed by atoms with Crippen LogP contribution in [-0.2, 0) is 29.5 Å². The second-order valence-corrected chi connectivity index (χ2v) is 9.24. The molecule has 0 bridgehead atoms. The van der Waals surface area contributed by atoms with E-state index in [-0.39, 0.29) is 11.9 Å². The van der Waals surface area contributed by atoms with Crippen molar-refractivity contribution in [3.63, 3.8) is 0 Å². The highest BCUT2D eigenvalue weighted by molar-refractivity contribution is 7.28. The Hall–Kier alpha value is -2.70. The summed E-state index contributed by atoms with van der Waals surface area (Å²) in [6, 6.07) is 6.60. The van der Waals surface area contributed by atoms with Crippen molar-refractivity contribution in [1.82, 2.24) is 24.5 Å². The highest BCUT2D eigenvalue weighted by atomic mass is 31.0. The smallest absolute Gasteiger partial charge is 0.219 e. The number of carbonyl (C=O) groups is 1. The molecule has 1 aromatic carbocycles. The van der Waals surface area contributed by atoms with Crippen LogP contribution in [0, 0.1) is 6.92 Å². The highest BCUT2D eigenvalue weighted by Gasteiger charge is 2.30. The summed E-state index contributed by atoms with van der Waals surface area (Å²) in [6.07, 6.45) is 3.69. The van der Waals surface area contributed by atoms with Crippen molar-refractivity contribution in [2.45, 2.75) is 39.3 Å². The molecule has 2 aromatic heterocycles. The van der Waals surface area contributed by atoms with E-state index in [2.05, 4.69) is 49.5 Å². The molecular formula is C23H29N6O2P. The molecule has 0 radical (unpaired) electrons. The summed E-state index contributed by atoms with van der Waals surface area (Å²) < 4.78 is 9.64. The number of carbonyl (C=O) groups excluding carboxylic acids is 1. The highest BCUT2D eigenvalue weighted by Crippen LogP contribution is 2.33. The van der Waals surface area contributed by atoms with E-state index in [1.54, 1.807) is 6.92 Å². The number of nitrogens with zero attached hydrogens (tertiary/aromatic N) is 5. The third kappa shape index (κ3) is 3.71. The van der Waals surface area contributed by atoms with E-state index in [0.717, 1.165) is 65.2 Å². The largest absolute Gasteiger partial charge is 0.379 e. The van der Waals surface area contributed by atoms with E-state index in [1.807, 2.05) is 22.8 Å². The number of amides is 1. The monoisotopic (exact) mass is 452 g/mol. The number of fused-ring (bicyclic) bond motifs is 1. The molecule has 0 saturated carbocycles. The van der Waals surface area contributed by atoms with E-state index < -0.39 is 0 Å². The Kier molecular flexibility index (Phi) is 5.51.